The Morgan fingerprint density at radius 1 is 1.18 bits per heavy atom. The highest BCUT2D eigenvalue weighted by atomic mass is 32.1. The molecule has 3 aromatic rings. The van der Waals surface area contributed by atoms with Crippen molar-refractivity contribution < 1.29 is 14.3 Å². The number of aromatic nitrogens is 1. The number of nitrogens with zero attached hydrogens (tertiary/aromatic N) is 3. The zero-order chi connectivity index (χ0) is 19.3. The molecule has 2 amide bonds. The van der Waals surface area contributed by atoms with Crippen molar-refractivity contribution in [3.8, 4) is 0 Å². The molecule has 144 valence electrons. The number of amides is 2. The summed E-state index contributed by atoms with van der Waals surface area (Å²) in [6.45, 7) is 2.68. The molecule has 0 unspecified atom stereocenters. The van der Waals surface area contributed by atoms with Gasteiger partial charge in [0, 0.05) is 35.8 Å². The van der Waals surface area contributed by atoms with E-state index in [0.717, 1.165) is 16.5 Å². The molecule has 1 fully saturated rings. The van der Waals surface area contributed by atoms with E-state index in [0.29, 0.717) is 31.2 Å². The molecule has 3 heterocycles. The number of fused-ring (bicyclic) bond motifs is 1. The van der Waals surface area contributed by atoms with Crippen molar-refractivity contribution in [2.75, 3.05) is 26.3 Å². The van der Waals surface area contributed by atoms with Crippen LogP contribution in [0.25, 0.3) is 10.9 Å². The van der Waals surface area contributed by atoms with Gasteiger partial charge in [0.1, 0.15) is 6.54 Å². The molecule has 0 bridgehead atoms. The Morgan fingerprint density at radius 2 is 2.00 bits per heavy atom. The van der Waals surface area contributed by atoms with Crippen LogP contribution in [0, 0.1) is 0 Å². The van der Waals surface area contributed by atoms with Gasteiger partial charge in [0.25, 0.3) is 5.91 Å². The van der Waals surface area contributed by atoms with E-state index in [-0.39, 0.29) is 18.4 Å². The summed E-state index contributed by atoms with van der Waals surface area (Å²) in [4.78, 5) is 27.1. The van der Waals surface area contributed by atoms with Gasteiger partial charge in [-0.25, -0.2) is 5.43 Å². The first kappa shape index (κ1) is 18.4. The van der Waals surface area contributed by atoms with Crippen LogP contribution in [0.1, 0.15) is 15.2 Å². The number of morpholine rings is 1. The van der Waals surface area contributed by atoms with E-state index in [4.69, 9.17) is 4.74 Å². The molecule has 0 radical (unpaired) electrons. The second-order valence-corrected chi connectivity index (χ2v) is 7.35. The largest absolute Gasteiger partial charge is 0.378 e. The van der Waals surface area contributed by atoms with Gasteiger partial charge in [-0.1, -0.05) is 24.3 Å². The lowest BCUT2D eigenvalue weighted by atomic mass is 10.2. The summed E-state index contributed by atoms with van der Waals surface area (Å²) < 4.78 is 7.24. The van der Waals surface area contributed by atoms with Crippen LogP contribution >= 0.6 is 11.3 Å². The summed E-state index contributed by atoms with van der Waals surface area (Å²) in [6, 6.07) is 11.4. The van der Waals surface area contributed by atoms with Gasteiger partial charge >= 0.3 is 0 Å². The van der Waals surface area contributed by atoms with Gasteiger partial charge in [0.15, 0.2) is 0 Å². The van der Waals surface area contributed by atoms with Gasteiger partial charge in [-0.05, 0) is 17.5 Å². The second-order valence-electron chi connectivity index (χ2n) is 6.40. The van der Waals surface area contributed by atoms with Crippen LogP contribution in [0.2, 0.25) is 0 Å². The first-order valence-corrected chi connectivity index (χ1v) is 9.90. The van der Waals surface area contributed by atoms with E-state index in [2.05, 4.69) is 10.5 Å². The van der Waals surface area contributed by atoms with Crippen molar-refractivity contribution in [3.63, 3.8) is 0 Å². The highest BCUT2D eigenvalue weighted by Crippen LogP contribution is 2.20. The monoisotopic (exact) mass is 396 g/mol. The zero-order valence-electron chi connectivity index (χ0n) is 15.2. The number of carbonyl (C=O) groups excluding carboxylic acids is 2. The molecule has 1 aromatic carbocycles. The number of hydrazone groups is 1. The highest BCUT2D eigenvalue weighted by molar-refractivity contribution is 7.12. The summed E-state index contributed by atoms with van der Waals surface area (Å²) in [5, 5.41) is 6.91. The van der Waals surface area contributed by atoms with Gasteiger partial charge < -0.3 is 14.2 Å². The third kappa shape index (κ3) is 3.97. The predicted octanol–water partition coefficient (Wildman–Crippen LogP) is 2.33. The minimum atomic E-state index is -0.238. The number of nitrogens with one attached hydrogen (secondary N) is 1. The van der Waals surface area contributed by atoms with Crippen molar-refractivity contribution in [1.29, 1.82) is 0 Å². The van der Waals surface area contributed by atoms with Crippen LogP contribution in [0.3, 0.4) is 0 Å². The normalized spacial score (nSPS) is 14.6. The molecule has 2 aromatic heterocycles. The smallest absolute Gasteiger partial charge is 0.281 e. The van der Waals surface area contributed by atoms with E-state index >= 15 is 0 Å². The van der Waals surface area contributed by atoms with Crippen molar-refractivity contribution in [1.82, 2.24) is 14.9 Å². The molecule has 1 saturated heterocycles. The summed E-state index contributed by atoms with van der Waals surface area (Å²) >= 11 is 1.36. The number of ether oxygens (including phenoxy) is 1. The fraction of sp³-hybridized carbons (Fsp3) is 0.250. The molecule has 1 aliphatic heterocycles. The summed E-state index contributed by atoms with van der Waals surface area (Å²) in [6.07, 6.45) is 3.51. The topological polar surface area (TPSA) is 75.9 Å². The summed E-state index contributed by atoms with van der Waals surface area (Å²) in [7, 11) is 0. The fourth-order valence-electron chi connectivity index (χ4n) is 3.19. The van der Waals surface area contributed by atoms with Crippen molar-refractivity contribution >= 4 is 40.3 Å². The quantitative estimate of drug-likeness (QED) is 0.531. The molecule has 1 aliphatic rings. The fourth-order valence-corrected chi connectivity index (χ4v) is 3.80. The third-order valence-corrected chi connectivity index (χ3v) is 5.47. The highest BCUT2D eigenvalue weighted by Gasteiger charge is 2.18. The van der Waals surface area contributed by atoms with Crippen LogP contribution in [-0.2, 0) is 16.1 Å². The van der Waals surface area contributed by atoms with Gasteiger partial charge in [-0.15, -0.1) is 11.3 Å². The number of rotatable bonds is 5. The van der Waals surface area contributed by atoms with E-state index < -0.39 is 0 Å². The number of para-hydroxylation sites is 1. The molecule has 28 heavy (non-hydrogen) atoms. The number of hydrogen-bond donors (Lipinski definition) is 1. The number of benzene rings is 1. The first-order chi connectivity index (χ1) is 13.7. The Kier molecular flexibility index (Phi) is 5.50. The Hall–Kier alpha value is -2.97. The number of thiophene rings is 1. The molecule has 8 heteroatoms. The third-order valence-electron chi connectivity index (χ3n) is 4.60. The first-order valence-electron chi connectivity index (χ1n) is 9.02. The van der Waals surface area contributed by atoms with Gasteiger partial charge in [0.2, 0.25) is 5.91 Å². The van der Waals surface area contributed by atoms with Crippen LogP contribution < -0.4 is 5.43 Å². The minimum absolute atomic E-state index is 0.0681. The molecule has 0 atom stereocenters. The van der Waals surface area contributed by atoms with Gasteiger partial charge in [-0.3, -0.25) is 9.59 Å². The minimum Gasteiger partial charge on any atom is -0.378 e. The predicted molar refractivity (Wildman–Crippen MR) is 109 cm³/mol. The molecule has 1 N–H and O–H groups in total. The second kappa shape index (κ2) is 8.37. The zero-order valence-corrected chi connectivity index (χ0v) is 16.0. The number of carbonyl (C=O) groups is 2. The van der Waals surface area contributed by atoms with Crippen LogP contribution in [0.4, 0.5) is 0 Å². The number of hydrogen-bond acceptors (Lipinski definition) is 5. The van der Waals surface area contributed by atoms with Crippen LogP contribution in [0.15, 0.2) is 53.1 Å². The average molecular weight is 396 g/mol. The van der Waals surface area contributed by atoms with Crippen LogP contribution in [-0.4, -0.2) is 53.8 Å². The molecule has 7 nitrogen and oxygen atoms in total. The maximum Gasteiger partial charge on any atom is 0.281 e. The summed E-state index contributed by atoms with van der Waals surface area (Å²) in [5.41, 5.74) is 4.34. The van der Waals surface area contributed by atoms with Crippen LogP contribution in [0.5, 0.6) is 0 Å². The van der Waals surface area contributed by atoms with Gasteiger partial charge in [-0.2, -0.15) is 5.10 Å². The Balaban J connectivity index is 1.52. The van der Waals surface area contributed by atoms with Crippen molar-refractivity contribution in [3.05, 3.63) is 58.4 Å². The van der Waals surface area contributed by atoms with E-state index in [1.54, 1.807) is 12.3 Å². The van der Waals surface area contributed by atoms with Gasteiger partial charge in [0.05, 0.1) is 24.3 Å². The Labute approximate surface area is 166 Å². The van der Waals surface area contributed by atoms with E-state index in [1.165, 1.54) is 11.3 Å². The Bertz CT molecular complexity index is 1000. The van der Waals surface area contributed by atoms with Crippen molar-refractivity contribution in [2.24, 2.45) is 5.10 Å². The maximum atomic E-state index is 12.6. The molecule has 0 spiro atoms. The standard InChI is InChI=1S/C20H20N4O3S/c25-19(23-7-9-27-10-8-23)14-24-13-15(16-4-1-2-5-17(16)24)12-21-22-20(26)18-6-3-11-28-18/h1-6,11-13H,7-10,14H2,(H,22,26)/b21-12-. The lowest BCUT2D eigenvalue weighted by molar-refractivity contribution is -0.135. The molecule has 0 aliphatic carbocycles. The SMILES string of the molecule is O=C(N/N=C\c1cn(CC(=O)N2CCOCC2)c2ccccc12)c1cccs1. The average Bonchev–Trinajstić information content (AvgIpc) is 3.38. The summed E-state index contributed by atoms with van der Waals surface area (Å²) in [5.74, 6) is -0.170. The Morgan fingerprint density at radius 3 is 2.79 bits per heavy atom. The molecule has 4 rings (SSSR count). The maximum absolute atomic E-state index is 12.6. The van der Waals surface area contributed by atoms with E-state index in [1.807, 2.05) is 51.4 Å². The molecular formula is C20H20N4O3S. The van der Waals surface area contributed by atoms with E-state index in [9.17, 15) is 9.59 Å². The molecular weight excluding hydrogens is 376 g/mol. The van der Waals surface area contributed by atoms with Crippen molar-refractivity contribution in [2.45, 2.75) is 6.54 Å². The lowest BCUT2D eigenvalue weighted by Gasteiger charge is -2.27. The lowest BCUT2D eigenvalue weighted by Crippen LogP contribution is -2.42. The molecule has 0 saturated carbocycles.